The standard InChI is InChI=1S/C22H22N2O2/c1-14-3-6-16(7-4-14)12-23-22(26)19-13-24(17-8-9-17)20-10-5-15(2)11-18(20)21(19)25/h3-7,10-11,13,17H,8-9,12H2,1-2H3,(H,23,26). The number of nitrogens with one attached hydrogen (secondary N) is 1. The van der Waals surface area contributed by atoms with E-state index in [0.29, 0.717) is 18.0 Å². The Morgan fingerprint density at radius 3 is 2.46 bits per heavy atom. The fourth-order valence-corrected chi connectivity index (χ4v) is 3.27. The van der Waals surface area contributed by atoms with Crippen molar-refractivity contribution >= 4 is 16.8 Å². The van der Waals surface area contributed by atoms with Gasteiger partial charge in [-0.25, -0.2) is 0 Å². The second kappa shape index (κ2) is 6.45. The van der Waals surface area contributed by atoms with Crippen molar-refractivity contribution in [3.8, 4) is 0 Å². The number of hydrogen-bond acceptors (Lipinski definition) is 2. The van der Waals surface area contributed by atoms with Crippen molar-refractivity contribution in [2.24, 2.45) is 0 Å². The SMILES string of the molecule is Cc1ccc(CNC(=O)c2cn(C3CC3)c3ccc(C)cc3c2=O)cc1. The number of carbonyl (C=O) groups is 1. The smallest absolute Gasteiger partial charge is 0.257 e. The molecule has 1 saturated carbocycles. The third kappa shape index (κ3) is 3.15. The average Bonchev–Trinajstić information content (AvgIpc) is 3.47. The topological polar surface area (TPSA) is 51.1 Å². The van der Waals surface area contributed by atoms with Gasteiger partial charge in [-0.05, 0) is 44.4 Å². The van der Waals surface area contributed by atoms with Crippen LogP contribution in [0.25, 0.3) is 10.9 Å². The predicted molar refractivity (Wildman–Crippen MR) is 104 cm³/mol. The van der Waals surface area contributed by atoms with E-state index in [-0.39, 0.29) is 16.9 Å². The monoisotopic (exact) mass is 346 g/mol. The number of rotatable bonds is 4. The molecule has 0 unspecified atom stereocenters. The molecule has 1 aromatic heterocycles. The fraction of sp³-hybridized carbons (Fsp3) is 0.273. The summed E-state index contributed by atoms with van der Waals surface area (Å²) in [5, 5.41) is 3.51. The minimum absolute atomic E-state index is 0.193. The Kier molecular flexibility index (Phi) is 4.11. The summed E-state index contributed by atoms with van der Waals surface area (Å²) in [6, 6.07) is 14.3. The summed E-state index contributed by atoms with van der Waals surface area (Å²) < 4.78 is 2.09. The molecule has 4 heteroatoms. The van der Waals surface area contributed by atoms with E-state index in [9.17, 15) is 9.59 Å². The van der Waals surface area contributed by atoms with Crippen LogP contribution in [0.2, 0.25) is 0 Å². The zero-order chi connectivity index (χ0) is 18.3. The van der Waals surface area contributed by atoms with Crippen molar-refractivity contribution in [1.82, 2.24) is 9.88 Å². The molecule has 3 aromatic rings. The minimum Gasteiger partial charge on any atom is -0.348 e. The molecule has 2 aromatic carbocycles. The minimum atomic E-state index is -0.312. The van der Waals surface area contributed by atoms with Gasteiger partial charge in [-0.15, -0.1) is 0 Å². The highest BCUT2D eigenvalue weighted by atomic mass is 16.2. The number of benzene rings is 2. The van der Waals surface area contributed by atoms with Crippen molar-refractivity contribution < 1.29 is 4.79 Å². The molecule has 26 heavy (non-hydrogen) atoms. The summed E-state index contributed by atoms with van der Waals surface area (Å²) in [7, 11) is 0. The molecule has 1 aliphatic carbocycles. The first-order valence-corrected chi connectivity index (χ1v) is 9.02. The Morgan fingerprint density at radius 1 is 1.08 bits per heavy atom. The van der Waals surface area contributed by atoms with E-state index in [1.807, 2.05) is 56.3 Å². The second-order valence-corrected chi connectivity index (χ2v) is 7.20. The van der Waals surface area contributed by atoms with Crippen LogP contribution in [0, 0.1) is 13.8 Å². The first kappa shape index (κ1) is 16.6. The molecule has 0 bridgehead atoms. The Bertz CT molecular complexity index is 1040. The maximum atomic E-state index is 12.9. The highest BCUT2D eigenvalue weighted by Gasteiger charge is 2.26. The number of amides is 1. The number of hydrogen-bond donors (Lipinski definition) is 1. The summed E-state index contributed by atoms with van der Waals surface area (Å²) in [4.78, 5) is 25.6. The van der Waals surface area contributed by atoms with Gasteiger partial charge in [0.1, 0.15) is 5.56 Å². The number of aromatic nitrogens is 1. The molecule has 0 radical (unpaired) electrons. The molecule has 1 N–H and O–H groups in total. The molecule has 0 spiro atoms. The number of aryl methyl sites for hydroxylation is 2. The van der Waals surface area contributed by atoms with Crippen molar-refractivity contribution in [3.63, 3.8) is 0 Å². The summed E-state index contributed by atoms with van der Waals surface area (Å²) in [6.07, 6.45) is 3.93. The number of carbonyl (C=O) groups excluding carboxylic acids is 1. The third-order valence-corrected chi connectivity index (χ3v) is 4.95. The van der Waals surface area contributed by atoms with Gasteiger partial charge in [0, 0.05) is 24.2 Å². The molecule has 0 saturated heterocycles. The lowest BCUT2D eigenvalue weighted by Gasteiger charge is -2.13. The van der Waals surface area contributed by atoms with Crippen LogP contribution in [0.3, 0.4) is 0 Å². The molecule has 4 rings (SSSR count). The maximum Gasteiger partial charge on any atom is 0.257 e. The summed E-state index contributed by atoms with van der Waals surface area (Å²) in [5.74, 6) is -0.312. The Morgan fingerprint density at radius 2 is 1.77 bits per heavy atom. The van der Waals surface area contributed by atoms with Gasteiger partial charge < -0.3 is 9.88 Å². The van der Waals surface area contributed by atoms with Crippen molar-refractivity contribution in [1.29, 1.82) is 0 Å². The zero-order valence-electron chi connectivity index (χ0n) is 15.1. The highest BCUT2D eigenvalue weighted by molar-refractivity contribution is 5.97. The third-order valence-electron chi connectivity index (χ3n) is 4.95. The molecule has 1 amide bonds. The molecule has 132 valence electrons. The Labute approximate surface area is 152 Å². The van der Waals surface area contributed by atoms with Crippen LogP contribution in [0.1, 0.15) is 45.9 Å². The number of pyridine rings is 1. The summed E-state index contributed by atoms with van der Waals surface area (Å²) in [6.45, 7) is 4.40. The van der Waals surface area contributed by atoms with Crippen LogP contribution >= 0.6 is 0 Å². The zero-order valence-corrected chi connectivity index (χ0v) is 15.1. The molecule has 1 aliphatic rings. The van der Waals surface area contributed by atoms with E-state index in [4.69, 9.17) is 0 Å². The van der Waals surface area contributed by atoms with Crippen molar-refractivity contribution in [2.45, 2.75) is 39.3 Å². The van der Waals surface area contributed by atoms with Gasteiger partial charge in [-0.2, -0.15) is 0 Å². The van der Waals surface area contributed by atoms with Crippen LogP contribution in [-0.4, -0.2) is 10.5 Å². The lowest BCUT2D eigenvalue weighted by Crippen LogP contribution is -2.29. The molecule has 0 aliphatic heterocycles. The molecule has 0 atom stereocenters. The summed E-state index contributed by atoms with van der Waals surface area (Å²) in [5.41, 5.74) is 4.16. The largest absolute Gasteiger partial charge is 0.348 e. The second-order valence-electron chi connectivity index (χ2n) is 7.20. The Balaban J connectivity index is 1.68. The summed E-state index contributed by atoms with van der Waals surface area (Å²) >= 11 is 0. The maximum absolute atomic E-state index is 12.9. The van der Waals surface area contributed by atoms with E-state index in [0.717, 1.165) is 29.5 Å². The molecular weight excluding hydrogens is 324 g/mol. The van der Waals surface area contributed by atoms with Crippen LogP contribution in [0.4, 0.5) is 0 Å². The molecular formula is C22H22N2O2. The Hall–Kier alpha value is -2.88. The van der Waals surface area contributed by atoms with Crippen LogP contribution in [-0.2, 0) is 6.54 Å². The molecule has 1 heterocycles. The van der Waals surface area contributed by atoms with E-state index >= 15 is 0 Å². The fourth-order valence-electron chi connectivity index (χ4n) is 3.27. The quantitative estimate of drug-likeness (QED) is 0.779. The van der Waals surface area contributed by atoms with Gasteiger partial charge in [-0.3, -0.25) is 9.59 Å². The highest BCUT2D eigenvalue weighted by Crippen LogP contribution is 2.37. The van der Waals surface area contributed by atoms with E-state index < -0.39 is 0 Å². The lowest BCUT2D eigenvalue weighted by atomic mass is 10.1. The normalized spacial score (nSPS) is 13.8. The lowest BCUT2D eigenvalue weighted by molar-refractivity contribution is 0.0949. The average molecular weight is 346 g/mol. The van der Waals surface area contributed by atoms with Crippen molar-refractivity contribution in [3.05, 3.63) is 81.1 Å². The molecule has 1 fully saturated rings. The van der Waals surface area contributed by atoms with Crippen LogP contribution in [0.15, 0.2) is 53.5 Å². The van der Waals surface area contributed by atoms with Crippen molar-refractivity contribution in [2.75, 3.05) is 0 Å². The number of nitrogens with zero attached hydrogens (tertiary/aromatic N) is 1. The van der Waals surface area contributed by atoms with Crippen LogP contribution in [0.5, 0.6) is 0 Å². The van der Waals surface area contributed by atoms with Gasteiger partial charge in [0.05, 0.1) is 5.52 Å². The molecule has 4 nitrogen and oxygen atoms in total. The van der Waals surface area contributed by atoms with Gasteiger partial charge in [-0.1, -0.05) is 41.5 Å². The van der Waals surface area contributed by atoms with Gasteiger partial charge >= 0.3 is 0 Å². The van der Waals surface area contributed by atoms with Gasteiger partial charge in [0.2, 0.25) is 5.43 Å². The van der Waals surface area contributed by atoms with Crippen LogP contribution < -0.4 is 10.7 Å². The van der Waals surface area contributed by atoms with Gasteiger partial charge in [0.15, 0.2) is 0 Å². The first-order chi connectivity index (χ1) is 12.5. The first-order valence-electron chi connectivity index (χ1n) is 9.02. The van der Waals surface area contributed by atoms with Gasteiger partial charge in [0.25, 0.3) is 5.91 Å². The van der Waals surface area contributed by atoms with E-state index in [1.165, 1.54) is 5.56 Å². The van der Waals surface area contributed by atoms with E-state index in [2.05, 4.69) is 9.88 Å². The number of fused-ring (bicyclic) bond motifs is 1. The van der Waals surface area contributed by atoms with E-state index in [1.54, 1.807) is 6.20 Å². The predicted octanol–water partition coefficient (Wildman–Crippen LogP) is 3.88.